The maximum Gasteiger partial charge on any atom is 0.174 e. The number of hydrogen-bond donors (Lipinski definition) is 0. The van der Waals surface area contributed by atoms with Gasteiger partial charge >= 0.3 is 0 Å². The molecule has 1 aliphatic rings. The monoisotopic (exact) mass is 258 g/mol. The fourth-order valence-electron chi connectivity index (χ4n) is 1.36. The molecule has 1 atom stereocenters. The van der Waals surface area contributed by atoms with Crippen LogP contribution in [0.2, 0.25) is 0 Å². The quantitative estimate of drug-likeness (QED) is 0.781. The zero-order valence-electron chi connectivity index (χ0n) is 8.04. The van der Waals surface area contributed by atoms with Crippen molar-refractivity contribution in [2.75, 3.05) is 20.8 Å². The minimum Gasteiger partial charge on any atom is -0.493 e. The smallest absolute Gasteiger partial charge is 0.174 e. The molecule has 1 aromatic carbocycles. The van der Waals surface area contributed by atoms with Gasteiger partial charge in [0.05, 0.1) is 25.3 Å². The molecule has 1 aromatic rings. The number of methoxy groups -OCH3 is 2. The Morgan fingerprint density at radius 3 is 2.57 bits per heavy atom. The molecule has 0 aromatic heterocycles. The number of benzene rings is 1. The second-order valence-corrected chi connectivity index (χ2v) is 3.91. The fourth-order valence-corrected chi connectivity index (χ4v) is 1.99. The van der Waals surface area contributed by atoms with Crippen LogP contribution in [-0.4, -0.2) is 20.8 Å². The van der Waals surface area contributed by atoms with E-state index in [0.717, 1.165) is 28.1 Å². The molecule has 0 bridgehead atoms. The first kappa shape index (κ1) is 9.80. The van der Waals surface area contributed by atoms with E-state index < -0.39 is 0 Å². The molecule has 0 unspecified atom stereocenters. The fraction of sp³-hybridized carbons (Fsp3) is 0.400. The third-order valence-corrected chi connectivity index (χ3v) is 2.75. The predicted octanol–water partition coefficient (Wildman–Crippen LogP) is 2.54. The van der Waals surface area contributed by atoms with Crippen molar-refractivity contribution in [3.05, 3.63) is 22.2 Å². The zero-order valence-corrected chi connectivity index (χ0v) is 9.63. The molecular formula is C10H11BrO3. The third-order valence-electron chi connectivity index (χ3n) is 2.16. The lowest BCUT2D eigenvalue weighted by molar-refractivity contribution is 0.351. The molecule has 0 amide bonds. The summed E-state index contributed by atoms with van der Waals surface area (Å²) in [6.07, 6.45) is 0.228. The second-order valence-electron chi connectivity index (χ2n) is 3.06. The maximum atomic E-state index is 5.23. The van der Waals surface area contributed by atoms with Crippen molar-refractivity contribution in [2.45, 2.75) is 6.10 Å². The van der Waals surface area contributed by atoms with Crippen molar-refractivity contribution in [1.82, 2.24) is 0 Å². The van der Waals surface area contributed by atoms with Gasteiger partial charge in [-0.1, -0.05) is 0 Å². The van der Waals surface area contributed by atoms with E-state index in [2.05, 4.69) is 15.9 Å². The highest BCUT2D eigenvalue weighted by atomic mass is 79.9. The van der Waals surface area contributed by atoms with Gasteiger partial charge in [0.15, 0.2) is 11.5 Å². The largest absolute Gasteiger partial charge is 0.493 e. The first-order chi connectivity index (χ1) is 6.76. The summed E-state index contributed by atoms with van der Waals surface area (Å²) >= 11 is 3.43. The van der Waals surface area contributed by atoms with E-state index in [-0.39, 0.29) is 6.10 Å². The molecule has 0 aliphatic carbocycles. The van der Waals surface area contributed by atoms with Crippen molar-refractivity contribution in [3.63, 3.8) is 0 Å². The maximum absolute atomic E-state index is 5.23. The highest BCUT2D eigenvalue weighted by molar-refractivity contribution is 9.10. The van der Waals surface area contributed by atoms with Crippen LogP contribution in [0.4, 0.5) is 0 Å². The Morgan fingerprint density at radius 2 is 2.07 bits per heavy atom. The summed E-state index contributed by atoms with van der Waals surface area (Å²) < 4.78 is 16.5. The Kier molecular flexibility index (Phi) is 2.65. The predicted molar refractivity (Wildman–Crippen MR) is 55.9 cm³/mol. The molecule has 0 saturated carbocycles. The van der Waals surface area contributed by atoms with E-state index >= 15 is 0 Å². The molecule has 4 heteroatoms. The van der Waals surface area contributed by atoms with Gasteiger partial charge in [-0.15, -0.1) is 0 Å². The van der Waals surface area contributed by atoms with Crippen LogP contribution in [0.1, 0.15) is 11.7 Å². The van der Waals surface area contributed by atoms with Gasteiger partial charge in [0.2, 0.25) is 0 Å². The van der Waals surface area contributed by atoms with E-state index in [9.17, 15) is 0 Å². The van der Waals surface area contributed by atoms with E-state index in [1.165, 1.54) is 0 Å². The van der Waals surface area contributed by atoms with Crippen molar-refractivity contribution < 1.29 is 14.2 Å². The Balaban J connectivity index is 2.43. The molecule has 3 nitrogen and oxygen atoms in total. The molecule has 2 rings (SSSR count). The summed E-state index contributed by atoms with van der Waals surface area (Å²) in [7, 11) is 3.25. The highest BCUT2D eigenvalue weighted by Crippen LogP contribution is 2.41. The van der Waals surface area contributed by atoms with E-state index in [1.807, 2.05) is 12.1 Å². The summed E-state index contributed by atoms with van der Waals surface area (Å²) in [5.74, 6) is 1.45. The van der Waals surface area contributed by atoms with Crippen molar-refractivity contribution in [1.29, 1.82) is 0 Å². The highest BCUT2D eigenvalue weighted by Gasteiger charge is 2.26. The van der Waals surface area contributed by atoms with Crippen LogP contribution in [0.5, 0.6) is 11.5 Å². The van der Waals surface area contributed by atoms with Crippen LogP contribution >= 0.6 is 15.9 Å². The van der Waals surface area contributed by atoms with Gasteiger partial charge in [-0.05, 0) is 33.6 Å². The minimum absolute atomic E-state index is 0.228. The van der Waals surface area contributed by atoms with Crippen LogP contribution in [0.25, 0.3) is 0 Å². The molecule has 1 saturated heterocycles. The third kappa shape index (κ3) is 1.72. The van der Waals surface area contributed by atoms with Crippen LogP contribution in [0.3, 0.4) is 0 Å². The summed E-state index contributed by atoms with van der Waals surface area (Å²) in [6, 6.07) is 3.94. The van der Waals surface area contributed by atoms with Gasteiger partial charge in [-0.2, -0.15) is 0 Å². The lowest BCUT2D eigenvalue weighted by Gasteiger charge is -2.10. The number of epoxide rings is 1. The molecule has 14 heavy (non-hydrogen) atoms. The molecule has 0 radical (unpaired) electrons. The SMILES string of the molecule is COc1cc([C@@H]2CO2)cc(Br)c1OC. The van der Waals surface area contributed by atoms with Gasteiger partial charge in [-0.3, -0.25) is 0 Å². The van der Waals surface area contributed by atoms with Gasteiger partial charge in [0.1, 0.15) is 6.10 Å². The lowest BCUT2D eigenvalue weighted by atomic mass is 10.1. The van der Waals surface area contributed by atoms with Crippen molar-refractivity contribution in [2.24, 2.45) is 0 Å². The summed E-state index contributed by atoms with van der Waals surface area (Å²) in [4.78, 5) is 0. The Labute approximate surface area is 91.1 Å². The molecule has 0 N–H and O–H groups in total. The first-order valence-corrected chi connectivity index (χ1v) is 5.08. The number of ether oxygens (including phenoxy) is 3. The number of halogens is 1. The van der Waals surface area contributed by atoms with Crippen molar-refractivity contribution >= 4 is 15.9 Å². The topological polar surface area (TPSA) is 31.0 Å². The Bertz CT molecular complexity index is 347. The van der Waals surface area contributed by atoms with Gasteiger partial charge < -0.3 is 14.2 Å². The number of hydrogen-bond acceptors (Lipinski definition) is 3. The molecule has 1 fully saturated rings. The average Bonchev–Trinajstić information content (AvgIpc) is 2.99. The Morgan fingerprint density at radius 1 is 1.36 bits per heavy atom. The van der Waals surface area contributed by atoms with E-state index in [0.29, 0.717) is 0 Å². The van der Waals surface area contributed by atoms with Crippen LogP contribution in [0, 0.1) is 0 Å². The van der Waals surface area contributed by atoms with E-state index in [1.54, 1.807) is 14.2 Å². The molecular weight excluding hydrogens is 248 g/mol. The van der Waals surface area contributed by atoms with Crippen LogP contribution in [-0.2, 0) is 4.74 Å². The average molecular weight is 259 g/mol. The normalized spacial score (nSPS) is 19.2. The van der Waals surface area contributed by atoms with E-state index in [4.69, 9.17) is 14.2 Å². The van der Waals surface area contributed by atoms with Crippen LogP contribution < -0.4 is 9.47 Å². The summed E-state index contributed by atoms with van der Waals surface area (Å²) in [5.41, 5.74) is 1.12. The van der Waals surface area contributed by atoms with Gasteiger partial charge in [0.25, 0.3) is 0 Å². The van der Waals surface area contributed by atoms with Gasteiger partial charge in [0, 0.05) is 0 Å². The standard InChI is InChI=1S/C10H11BrO3/c1-12-8-4-6(9-5-14-9)3-7(11)10(8)13-2/h3-4,9H,5H2,1-2H3/t9-/m0/s1. The van der Waals surface area contributed by atoms with Crippen molar-refractivity contribution in [3.8, 4) is 11.5 Å². The Hall–Kier alpha value is -0.740. The zero-order chi connectivity index (χ0) is 10.1. The number of rotatable bonds is 3. The summed E-state index contributed by atoms with van der Waals surface area (Å²) in [5, 5.41) is 0. The minimum atomic E-state index is 0.228. The van der Waals surface area contributed by atoms with Crippen LogP contribution in [0.15, 0.2) is 16.6 Å². The van der Waals surface area contributed by atoms with Gasteiger partial charge in [-0.25, -0.2) is 0 Å². The molecule has 0 spiro atoms. The first-order valence-electron chi connectivity index (χ1n) is 4.29. The lowest BCUT2D eigenvalue weighted by Crippen LogP contribution is -1.93. The summed E-state index contributed by atoms with van der Waals surface area (Å²) in [6.45, 7) is 0.794. The second kappa shape index (κ2) is 3.79. The molecule has 1 heterocycles. The molecule has 76 valence electrons. The molecule has 1 aliphatic heterocycles.